The Morgan fingerprint density at radius 2 is 1.55 bits per heavy atom. The number of likely N-dealkylation sites (N-methyl/N-ethyl adjacent to an activating group) is 1. The molecule has 0 saturated carbocycles. The largest absolute Gasteiger partial charge is 0.466 e. The van der Waals surface area contributed by atoms with Gasteiger partial charge in [-0.1, -0.05) is 43.0 Å². The molecule has 0 aliphatic heterocycles. The molecule has 0 aliphatic rings. The minimum absolute atomic E-state index is 0.0989. The Morgan fingerprint density at radius 3 is 1.94 bits per heavy atom. The van der Waals surface area contributed by atoms with Gasteiger partial charge in [-0.05, 0) is 49.2 Å². The van der Waals surface area contributed by atoms with E-state index in [-0.39, 0.29) is 11.7 Å². The van der Waals surface area contributed by atoms with E-state index in [9.17, 15) is 14.9 Å². The number of nitro groups is 1. The fraction of sp³-hybridized carbons (Fsp3) is 0.269. The van der Waals surface area contributed by atoms with Crippen LogP contribution >= 0.6 is 0 Å². The van der Waals surface area contributed by atoms with Crippen molar-refractivity contribution in [2.75, 3.05) is 38.8 Å². The lowest BCUT2D eigenvalue weighted by atomic mass is 10.1. The van der Waals surface area contributed by atoms with Crippen molar-refractivity contribution in [3.8, 4) is 0 Å². The van der Waals surface area contributed by atoms with E-state index in [1.54, 1.807) is 19.1 Å². The summed E-state index contributed by atoms with van der Waals surface area (Å²) in [6, 6.07) is 14.7. The molecule has 0 saturated heterocycles. The maximum absolute atomic E-state index is 10.7. The summed E-state index contributed by atoms with van der Waals surface area (Å²) in [6.07, 6.45) is 3.93. The second kappa shape index (κ2) is 14.4. The Hall–Kier alpha value is -3.71. The summed E-state index contributed by atoms with van der Waals surface area (Å²) in [4.78, 5) is 22.6. The highest BCUT2D eigenvalue weighted by Crippen LogP contribution is 2.17. The van der Waals surface area contributed by atoms with Gasteiger partial charge in [-0.25, -0.2) is 4.79 Å². The molecule has 0 amide bonds. The predicted octanol–water partition coefficient (Wildman–Crippen LogP) is 5.53. The number of non-ortho nitro benzene ring substituents is 1. The number of esters is 1. The lowest BCUT2D eigenvalue weighted by molar-refractivity contribution is -0.384. The molecule has 33 heavy (non-hydrogen) atoms. The molecule has 0 fully saturated rings. The summed E-state index contributed by atoms with van der Waals surface area (Å²) in [5, 5.41) is 10.7. The number of benzene rings is 2. The number of methoxy groups -OCH3 is 1. The fourth-order valence-corrected chi connectivity index (χ4v) is 2.49. The number of rotatable bonds is 10. The molecule has 7 heteroatoms. The quantitative estimate of drug-likeness (QED) is 0.0897. The van der Waals surface area contributed by atoms with Crippen LogP contribution in [0.1, 0.15) is 25.0 Å². The van der Waals surface area contributed by atoms with Gasteiger partial charge in [0.2, 0.25) is 0 Å². The number of carbonyl (C=O) groups is 1. The van der Waals surface area contributed by atoms with Crippen molar-refractivity contribution in [1.29, 1.82) is 0 Å². The molecule has 2 rings (SSSR count). The first kappa shape index (κ1) is 27.3. The van der Waals surface area contributed by atoms with Crippen molar-refractivity contribution in [3.63, 3.8) is 0 Å². The van der Waals surface area contributed by atoms with E-state index >= 15 is 0 Å². The molecule has 7 nitrogen and oxygen atoms in total. The Balaban J connectivity index is 0.000000675. The van der Waals surface area contributed by atoms with Gasteiger partial charge in [0, 0.05) is 37.0 Å². The maximum Gasteiger partial charge on any atom is 0.332 e. The number of carbonyl (C=O) groups excluding carboxylic acids is 1. The first-order valence-electron chi connectivity index (χ1n) is 10.3. The van der Waals surface area contributed by atoms with Crippen LogP contribution in [0.25, 0.3) is 12.2 Å². The van der Waals surface area contributed by atoms with Crippen molar-refractivity contribution in [3.05, 3.63) is 94.1 Å². The van der Waals surface area contributed by atoms with Gasteiger partial charge >= 0.3 is 5.97 Å². The van der Waals surface area contributed by atoms with E-state index in [1.165, 1.54) is 19.2 Å². The van der Waals surface area contributed by atoms with Crippen molar-refractivity contribution < 1.29 is 19.2 Å². The van der Waals surface area contributed by atoms with Gasteiger partial charge in [0.15, 0.2) is 0 Å². The Kier molecular flexibility index (Phi) is 11.9. The maximum atomic E-state index is 10.7. The third-order valence-electron chi connectivity index (χ3n) is 4.36. The van der Waals surface area contributed by atoms with E-state index in [1.807, 2.05) is 38.3 Å². The van der Waals surface area contributed by atoms with Crippen LogP contribution in [0.5, 0.6) is 0 Å². The summed E-state index contributed by atoms with van der Waals surface area (Å²) in [5.41, 5.74) is 4.67. The molecule has 0 radical (unpaired) electrons. The number of ether oxygens (including phenoxy) is 2. The standard InChI is InChI=1S/C21H24N2O3.C5H8O2/c1-17(2)16-26-15-14-22(3)20-10-6-18(7-11-20)4-5-19-8-12-21(13-9-19)23(24)25;1-4(2)5(6)7-3/h4-13H,1,14-16H2,2-3H3;1H2,2-3H3/b5-4+;. The minimum Gasteiger partial charge on any atom is -0.466 e. The predicted molar refractivity (Wildman–Crippen MR) is 134 cm³/mol. The van der Waals surface area contributed by atoms with Crippen molar-refractivity contribution in [1.82, 2.24) is 0 Å². The monoisotopic (exact) mass is 452 g/mol. The summed E-state index contributed by atoms with van der Waals surface area (Å²) in [6.45, 7) is 12.8. The molecule has 2 aromatic rings. The normalized spacial score (nSPS) is 10.2. The van der Waals surface area contributed by atoms with Crippen LogP contribution in [-0.2, 0) is 14.3 Å². The van der Waals surface area contributed by atoms with Crippen molar-refractivity contribution in [2.45, 2.75) is 13.8 Å². The van der Waals surface area contributed by atoms with Crippen LogP contribution in [0.3, 0.4) is 0 Å². The number of nitro benzene ring substituents is 1. The van der Waals surface area contributed by atoms with Crippen molar-refractivity contribution >= 4 is 29.5 Å². The molecule has 2 aromatic carbocycles. The lowest BCUT2D eigenvalue weighted by Gasteiger charge is -2.19. The SMILES string of the molecule is C=C(C)C(=O)OC.C=C(C)COCCN(C)c1ccc(/C=C/c2ccc([N+](=O)[O-])cc2)cc1. The van der Waals surface area contributed by atoms with E-state index < -0.39 is 4.92 Å². The van der Waals surface area contributed by atoms with E-state index in [2.05, 4.69) is 34.9 Å². The molecule has 0 N–H and O–H groups in total. The van der Waals surface area contributed by atoms with E-state index in [0.29, 0.717) is 18.8 Å². The van der Waals surface area contributed by atoms with Crippen LogP contribution in [0.2, 0.25) is 0 Å². The zero-order chi connectivity index (χ0) is 24.8. The summed E-state index contributed by atoms with van der Waals surface area (Å²) < 4.78 is 9.80. The second-order valence-corrected chi connectivity index (χ2v) is 7.48. The van der Waals surface area contributed by atoms with Gasteiger partial charge in [0.1, 0.15) is 0 Å². The molecule has 176 valence electrons. The number of hydrogen-bond donors (Lipinski definition) is 0. The zero-order valence-corrected chi connectivity index (χ0v) is 19.7. The van der Waals surface area contributed by atoms with Crippen molar-refractivity contribution in [2.24, 2.45) is 0 Å². The average Bonchev–Trinajstić information content (AvgIpc) is 2.80. The van der Waals surface area contributed by atoms with Crippen LogP contribution in [0.15, 0.2) is 72.8 Å². The first-order valence-corrected chi connectivity index (χ1v) is 10.3. The molecule has 0 unspecified atom stereocenters. The van der Waals surface area contributed by atoms with Gasteiger partial charge < -0.3 is 14.4 Å². The third-order valence-corrected chi connectivity index (χ3v) is 4.36. The molecule has 0 spiro atoms. The lowest BCUT2D eigenvalue weighted by Crippen LogP contribution is -2.22. The molecule has 0 heterocycles. The van der Waals surface area contributed by atoms with Crippen LogP contribution < -0.4 is 4.90 Å². The first-order chi connectivity index (χ1) is 15.6. The van der Waals surface area contributed by atoms with Crippen LogP contribution in [-0.4, -0.2) is 44.8 Å². The van der Waals surface area contributed by atoms with Gasteiger partial charge in [-0.15, -0.1) is 0 Å². The second-order valence-electron chi connectivity index (χ2n) is 7.48. The average molecular weight is 453 g/mol. The Labute approximate surface area is 195 Å². The van der Waals surface area contributed by atoms with Gasteiger partial charge in [0.25, 0.3) is 5.69 Å². The van der Waals surface area contributed by atoms with E-state index in [0.717, 1.165) is 28.9 Å². The minimum atomic E-state index is -0.397. The topological polar surface area (TPSA) is 81.9 Å². The molecule has 0 aromatic heterocycles. The summed E-state index contributed by atoms with van der Waals surface area (Å²) >= 11 is 0. The highest BCUT2D eigenvalue weighted by atomic mass is 16.6. The van der Waals surface area contributed by atoms with Crippen LogP contribution in [0.4, 0.5) is 11.4 Å². The van der Waals surface area contributed by atoms with Gasteiger partial charge in [-0.2, -0.15) is 0 Å². The smallest absolute Gasteiger partial charge is 0.332 e. The van der Waals surface area contributed by atoms with E-state index in [4.69, 9.17) is 4.74 Å². The molecule has 0 aliphatic carbocycles. The molecular formula is C26H32N2O5. The number of hydrogen-bond acceptors (Lipinski definition) is 6. The highest BCUT2D eigenvalue weighted by Gasteiger charge is 2.03. The molecule has 0 bridgehead atoms. The zero-order valence-electron chi connectivity index (χ0n) is 19.7. The Bertz CT molecular complexity index is 963. The Morgan fingerprint density at radius 1 is 1.03 bits per heavy atom. The third kappa shape index (κ3) is 10.9. The highest BCUT2D eigenvalue weighted by molar-refractivity contribution is 5.86. The summed E-state index contributed by atoms with van der Waals surface area (Å²) in [5.74, 6) is -0.347. The van der Waals surface area contributed by atoms with Crippen LogP contribution in [0, 0.1) is 10.1 Å². The van der Waals surface area contributed by atoms with Gasteiger partial charge in [-0.3, -0.25) is 10.1 Å². The number of anilines is 1. The molecular weight excluding hydrogens is 420 g/mol. The molecule has 0 atom stereocenters. The summed E-state index contributed by atoms with van der Waals surface area (Å²) in [7, 11) is 3.36. The fourth-order valence-electron chi connectivity index (χ4n) is 2.49. The number of nitrogens with zero attached hydrogens (tertiary/aromatic N) is 2. The van der Waals surface area contributed by atoms with Gasteiger partial charge in [0.05, 0.1) is 25.2 Å².